The molecule has 0 spiro atoms. The highest BCUT2D eigenvalue weighted by molar-refractivity contribution is 7.79. The van der Waals surface area contributed by atoms with Gasteiger partial charge in [-0.15, -0.1) is 0 Å². The summed E-state index contributed by atoms with van der Waals surface area (Å²) in [5.74, 6) is -0.153. The number of carbonyl (C=O) groups is 1. The first-order valence-electron chi connectivity index (χ1n) is 12.1. The molecule has 0 aliphatic carbocycles. The molecule has 0 rings (SSSR count). The van der Waals surface area contributed by atoms with Crippen LogP contribution < -0.4 is 5.73 Å². The SMILES string of the molecule is CCCCCCCCCCCCCCCCCC(N)=O.CC[N+](C)(C)C.O=S(=O)(O)O. The molecule has 1 amide bonds. The monoisotopic (exact) mass is 469 g/mol. The summed E-state index contributed by atoms with van der Waals surface area (Å²) in [6.07, 6.45) is 20.9. The standard InChI is InChI=1S/C18H37NO.C5H14N.H2O4S/c1-2-3-4-5-6-7-8-9-10-11-12-13-14-15-16-17-18(19)20;1-5-6(2,3)4;1-5(2,3)4/h2-17H2,1H3,(H2,19,20);5H2,1-4H3;(H2,1,2,3,4)/q;+1;. The van der Waals surface area contributed by atoms with Crippen molar-refractivity contribution in [3.8, 4) is 0 Å². The first kappa shape index (κ1) is 34.9. The maximum Gasteiger partial charge on any atom is 0.394 e. The molecule has 0 aromatic rings. The lowest BCUT2D eigenvalue weighted by molar-refractivity contribution is -0.868. The van der Waals surface area contributed by atoms with Gasteiger partial charge in [0.15, 0.2) is 0 Å². The van der Waals surface area contributed by atoms with E-state index in [1.165, 1.54) is 96.4 Å². The Morgan fingerprint density at radius 1 is 0.677 bits per heavy atom. The van der Waals surface area contributed by atoms with E-state index < -0.39 is 10.4 Å². The van der Waals surface area contributed by atoms with Crippen LogP contribution in [0.1, 0.15) is 117 Å². The summed E-state index contributed by atoms with van der Waals surface area (Å²) < 4.78 is 32.7. The molecule has 0 fully saturated rings. The number of nitrogens with two attached hydrogens (primary N) is 1. The number of hydrogen-bond acceptors (Lipinski definition) is 3. The number of nitrogens with zero attached hydrogens (tertiary/aromatic N) is 1. The highest BCUT2D eigenvalue weighted by Gasteiger charge is 1.98. The van der Waals surface area contributed by atoms with Crippen molar-refractivity contribution in [3.63, 3.8) is 0 Å². The summed E-state index contributed by atoms with van der Waals surface area (Å²) in [7, 11) is 1.88. The maximum absolute atomic E-state index is 10.6. The van der Waals surface area contributed by atoms with Crippen molar-refractivity contribution < 1.29 is 26.8 Å². The van der Waals surface area contributed by atoms with Crippen LogP contribution in [0.25, 0.3) is 0 Å². The zero-order chi connectivity index (χ0) is 24.6. The minimum Gasteiger partial charge on any atom is -0.370 e. The third-order valence-electron chi connectivity index (χ3n) is 4.98. The zero-order valence-electron chi connectivity index (χ0n) is 21.1. The molecule has 0 bridgehead atoms. The normalized spacial score (nSPS) is 11.2. The summed E-state index contributed by atoms with van der Waals surface area (Å²) in [6, 6.07) is 0. The van der Waals surface area contributed by atoms with Crippen LogP contribution in [-0.2, 0) is 15.2 Å². The van der Waals surface area contributed by atoms with Crippen molar-refractivity contribution in [2.45, 2.75) is 117 Å². The second-order valence-electron chi connectivity index (χ2n) is 9.22. The molecule has 7 nitrogen and oxygen atoms in total. The molecule has 0 atom stereocenters. The smallest absolute Gasteiger partial charge is 0.370 e. The van der Waals surface area contributed by atoms with Crippen molar-refractivity contribution in [2.24, 2.45) is 5.73 Å². The van der Waals surface area contributed by atoms with Crippen LogP contribution >= 0.6 is 0 Å². The van der Waals surface area contributed by atoms with Gasteiger partial charge >= 0.3 is 10.4 Å². The number of unbranched alkanes of at least 4 members (excludes halogenated alkanes) is 14. The molecule has 0 radical (unpaired) electrons. The molecule has 0 saturated carbocycles. The summed E-state index contributed by atoms with van der Waals surface area (Å²) in [5, 5.41) is 0. The lowest BCUT2D eigenvalue weighted by Gasteiger charge is -2.20. The lowest BCUT2D eigenvalue weighted by Crippen LogP contribution is -2.33. The van der Waals surface area contributed by atoms with Gasteiger partial charge in [0.1, 0.15) is 0 Å². The molecular formula is C23H53N2O5S+. The quantitative estimate of drug-likeness (QED) is 0.141. The van der Waals surface area contributed by atoms with Gasteiger partial charge in [-0.2, -0.15) is 8.42 Å². The molecule has 190 valence electrons. The van der Waals surface area contributed by atoms with E-state index in [-0.39, 0.29) is 5.91 Å². The largest absolute Gasteiger partial charge is 0.394 e. The molecule has 4 N–H and O–H groups in total. The van der Waals surface area contributed by atoms with Crippen LogP contribution in [0, 0.1) is 0 Å². The third kappa shape index (κ3) is 58.6. The van der Waals surface area contributed by atoms with E-state index in [4.69, 9.17) is 23.3 Å². The van der Waals surface area contributed by atoms with E-state index in [2.05, 4.69) is 35.0 Å². The second kappa shape index (κ2) is 24.0. The van der Waals surface area contributed by atoms with E-state index in [0.717, 1.165) is 10.9 Å². The van der Waals surface area contributed by atoms with Gasteiger partial charge in [-0.25, -0.2) is 0 Å². The predicted octanol–water partition coefficient (Wildman–Crippen LogP) is 5.79. The summed E-state index contributed by atoms with van der Waals surface area (Å²) in [4.78, 5) is 10.6. The Morgan fingerprint density at radius 3 is 1.10 bits per heavy atom. The summed E-state index contributed by atoms with van der Waals surface area (Å²) >= 11 is 0. The number of quaternary nitrogens is 1. The van der Waals surface area contributed by atoms with Gasteiger partial charge in [-0.3, -0.25) is 13.9 Å². The van der Waals surface area contributed by atoms with Crippen molar-refractivity contribution >= 4 is 16.3 Å². The van der Waals surface area contributed by atoms with E-state index in [1.807, 2.05) is 0 Å². The molecule has 0 unspecified atom stereocenters. The van der Waals surface area contributed by atoms with Gasteiger partial charge in [0.05, 0.1) is 27.7 Å². The van der Waals surface area contributed by atoms with Crippen LogP contribution in [-0.4, -0.2) is 55.6 Å². The fourth-order valence-corrected chi connectivity index (χ4v) is 2.67. The Morgan fingerprint density at radius 2 is 0.903 bits per heavy atom. The number of amides is 1. The number of rotatable bonds is 17. The molecule has 0 aliphatic heterocycles. The molecule has 0 aromatic heterocycles. The Balaban J connectivity index is -0.000000583. The molecule has 0 aromatic carbocycles. The van der Waals surface area contributed by atoms with Gasteiger partial charge in [0, 0.05) is 6.42 Å². The third-order valence-corrected chi connectivity index (χ3v) is 4.98. The second-order valence-corrected chi connectivity index (χ2v) is 10.1. The fourth-order valence-electron chi connectivity index (χ4n) is 2.67. The van der Waals surface area contributed by atoms with Gasteiger partial charge in [-0.1, -0.05) is 96.8 Å². The summed E-state index contributed by atoms with van der Waals surface area (Å²) in [6.45, 7) is 5.66. The zero-order valence-corrected chi connectivity index (χ0v) is 21.9. The first-order chi connectivity index (χ1) is 14.3. The van der Waals surface area contributed by atoms with Crippen LogP contribution in [0.2, 0.25) is 0 Å². The minimum absolute atomic E-state index is 0.153. The maximum atomic E-state index is 10.6. The van der Waals surface area contributed by atoms with Crippen LogP contribution in [0.3, 0.4) is 0 Å². The van der Waals surface area contributed by atoms with Gasteiger partial charge in [0.2, 0.25) is 5.91 Å². The molecular weight excluding hydrogens is 416 g/mol. The van der Waals surface area contributed by atoms with Crippen LogP contribution in [0.5, 0.6) is 0 Å². The number of hydrogen-bond donors (Lipinski definition) is 3. The Hall–Kier alpha value is -0.700. The molecule has 0 heterocycles. The highest BCUT2D eigenvalue weighted by Crippen LogP contribution is 2.13. The van der Waals surface area contributed by atoms with E-state index in [0.29, 0.717) is 6.42 Å². The Kier molecular flexibility index (Phi) is 27.0. The first-order valence-corrected chi connectivity index (χ1v) is 13.5. The van der Waals surface area contributed by atoms with Crippen molar-refractivity contribution in [2.75, 3.05) is 27.7 Å². The molecule has 31 heavy (non-hydrogen) atoms. The van der Waals surface area contributed by atoms with Crippen LogP contribution in [0.15, 0.2) is 0 Å². The Bertz CT molecular complexity index is 469. The molecule has 8 heteroatoms. The Labute approximate surface area is 193 Å². The van der Waals surface area contributed by atoms with Gasteiger partial charge < -0.3 is 10.2 Å². The van der Waals surface area contributed by atoms with E-state index in [9.17, 15) is 4.79 Å². The topological polar surface area (TPSA) is 118 Å². The molecule has 0 saturated heterocycles. The molecule has 0 aliphatic rings. The predicted molar refractivity (Wildman–Crippen MR) is 131 cm³/mol. The average Bonchev–Trinajstić information content (AvgIpc) is 2.63. The highest BCUT2D eigenvalue weighted by atomic mass is 32.3. The van der Waals surface area contributed by atoms with Crippen molar-refractivity contribution in [1.82, 2.24) is 0 Å². The summed E-state index contributed by atoms with van der Waals surface area (Å²) in [5.41, 5.74) is 5.11. The minimum atomic E-state index is -4.67. The lowest BCUT2D eigenvalue weighted by atomic mass is 10.0. The van der Waals surface area contributed by atoms with E-state index in [1.54, 1.807) is 0 Å². The van der Waals surface area contributed by atoms with Crippen molar-refractivity contribution in [3.05, 3.63) is 0 Å². The average molecular weight is 470 g/mol. The fraction of sp³-hybridized carbons (Fsp3) is 0.957. The number of carbonyl (C=O) groups excluding carboxylic acids is 1. The van der Waals surface area contributed by atoms with Crippen molar-refractivity contribution in [1.29, 1.82) is 0 Å². The van der Waals surface area contributed by atoms with Gasteiger partial charge in [0.25, 0.3) is 0 Å². The van der Waals surface area contributed by atoms with Crippen LogP contribution in [0.4, 0.5) is 0 Å². The van der Waals surface area contributed by atoms with Gasteiger partial charge in [-0.05, 0) is 13.3 Å². The number of primary amides is 1. The van der Waals surface area contributed by atoms with E-state index >= 15 is 0 Å².